The molecule has 70 valence electrons. The molecular formula is C9H6N2O2S. The fraction of sp³-hybridized carbons (Fsp3) is 0.111. The molecule has 0 fully saturated rings. The van der Waals surface area contributed by atoms with Crippen molar-refractivity contribution in [2.75, 3.05) is 6.26 Å². The van der Waals surface area contributed by atoms with Crippen LogP contribution in [0.2, 0.25) is 0 Å². The third-order valence-corrected chi connectivity index (χ3v) is 2.73. The molecule has 1 aromatic rings. The molecule has 0 unspecified atom stereocenters. The van der Waals surface area contributed by atoms with E-state index < -0.39 is 9.84 Å². The van der Waals surface area contributed by atoms with Gasteiger partial charge in [-0.05, 0) is 6.07 Å². The van der Waals surface area contributed by atoms with E-state index in [0.29, 0.717) is 0 Å². The smallest absolute Gasteiger partial charge is 0.205 e. The molecule has 0 amide bonds. The lowest BCUT2D eigenvalue weighted by molar-refractivity contribution is 0.602. The molecule has 0 heterocycles. The van der Waals surface area contributed by atoms with E-state index in [9.17, 15) is 8.42 Å². The van der Waals surface area contributed by atoms with Gasteiger partial charge in [-0.2, -0.15) is 5.26 Å². The summed E-state index contributed by atoms with van der Waals surface area (Å²) in [7, 11) is -3.44. The van der Waals surface area contributed by atoms with E-state index in [1.54, 1.807) is 0 Å². The van der Waals surface area contributed by atoms with Gasteiger partial charge in [0.1, 0.15) is 0 Å². The van der Waals surface area contributed by atoms with E-state index >= 15 is 0 Å². The molecule has 5 heteroatoms. The van der Waals surface area contributed by atoms with Crippen molar-refractivity contribution in [1.29, 1.82) is 5.26 Å². The van der Waals surface area contributed by atoms with Crippen molar-refractivity contribution >= 4 is 15.5 Å². The maximum atomic E-state index is 11.2. The van der Waals surface area contributed by atoms with Crippen LogP contribution in [0.3, 0.4) is 0 Å². The lowest BCUT2D eigenvalue weighted by Crippen LogP contribution is -1.97. The first kappa shape index (κ1) is 10.2. The summed E-state index contributed by atoms with van der Waals surface area (Å²) in [5.41, 5.74) is 0.282. The van der Waals surface area contributed by atoms with Crippen molar-refractivity contribution in [2.45, 2.75) is 4.90 Å². The van der Waals surface area contributed by atoms with E-state index in [4.69, 9.17) is 11.8 Å². The maximum absolute atomic E-state index is 11.2. The maximum Gasteiger partial charge on any atom is 0.205 e. The van der Waals surface area contributed by atoms with Gasteiger partial charge in [-0.25, -0.2) is 13.3 Å². The Balaban J connectivity index is 3.57. The van der Waals surface area contributed by atoms with Crippen LogP contribution in [-0.2, 0) is 9.84 Å². The number of nitrogens with zero attached hydrogens (tertiary/aromatic N) is 2. The summed E-state index contributed by atoms with van der Waals surface area (Å²) in [6.45, 7) is 6.77. The Morgan fingerprint density at radius 1 is 1.50 bits per heavy atom. The molecule has 1 rings (SSSR count). The largest absolute Gasteiger partial charge is 0.237 e. The molecule has 0 aliphatic heterocycles. The zero-order valence-corrected chi connectivity index (χ0v) is 8.17. The number of hydrogen-bond acceptors (Lipinski definition) is 3. The quantitative estimate of drug-likeness (QED) is 0.654. The van der Waals surface area contributed by atoms with Gasteiger partial charge in [-0.3, -0.25) is 0 Å². The van der Waals surface area contributed by atoms with Gasteiger partial charge < -0.3 is 0 Å². The third kappa shape index (κ3) is 1.90. The Hall–Kier alpha value is -1.85. The lowest BCUT2D eigenvalue weighted by atomic mass is 10.2. The van der Waals surface area contributed by atoms with Gasteiger partial charge >= 0.3 is 0 Å². The molecule has 4 nitrogen and oxygen atoms in total. The fourth-order valence-electron chi connectivity index (χ4n) is 0.973. The normalized spacial score (nSPS) is 10.2. The number of rotatable bonds is 1. The van der Waals surface area contributed by atoms with E-state index in [1.165, 1.54) is 18.2 Å². The van der Waals surface area contributed by atoms with Crippen LogP contribution in [0.5, 0.6) is 0 Å². The molecule has 0 saturated heterocycles. The van der Waals surface area contributed by atoms with Crippen LogP contribution in [0.15, 0.2) is 23.1 Å². The van der Waals surface area contributed by atoms with E-state index in [1.807, 2.05) is 6.07 Å². The number of benzene rings is 1. The second-order valence-corrected chi connectivity index (χ2v) is 4.66. The zero-order chi connectivity index (χ0) is 10.8. The molecule has 14 heavy (non-hydrogen) atoms. The highest BCUT2D eigenvalue weighted by molar-refractivity contribution is 7.90. The first-order valence-electron chi connectivity index (χ1n) is 3.60. The summed E-state index contributed by atoms with van der Waals surface area (Å²) >= 11 is 0. The Labute approximate surface area is 82.1 Å². The van der Waals surface area contributed by atoms with Gasteiger partial charge in [0.05, 0.1) is 23.1 Å². The van der Waals surface area contributed by atoms with Gasteiger partial charge in [-0.1, -0.05) is 12.1 Å². The summed E-state index contributed by atoms with van der Waals surface area (Å²) in [5.74, 6) is 0. The van der Waals surface area contributed by atoms with Crippen molar-refractivity contribution in [2.24, 2.45) is 0 Å². The summed E-state index contributed by atoms with van der Waals surface area (Å²) < 4.78 is 22.5. The predicted molar refractivity (Wildman–Crippen MR) is 50.5 cm³/mol. The molecule has 1 aromatic carbocycles. The topological polar surface area (TPSA) is 62.3 Å². The minimum atomic E-state index is -3.44. The molecule has 0 saturated carbocycles. The highest BCUT2D eigenvalue weighted by atomic mass is 32.2. The molecule has 0 atom stereocenters. The Morgan fingerprint density at radius 2 is 2.14 bits per heavy atom. The number of nitriles is 1. The van der Waals surface area contributed by atoms with Crippen molar-refractivity contribution in [3.63, 3.8) is 0 Å². The third-order valence-electron chi connectivity index (χ3n) is 1.61. The Morgan fingerprint density at radius 3 is 2.57 bits per heavy atom. The molecule has 0 spiro atoms. The standard InChI is InChI=1S/C9H6N2O2S/c1-11-8-4-3-7(6-10)5-9(8)14(2,12)13/h3-5H,2H3. The van der Waals surface area contributed by atoms with Gasteiger partial charge in [0.2, 0.25) is 5.69 Å². The average Bonchev–Trinajstić information content (AvgIpc) is 2.15. The highest BCUT2D eigenvalue weighted by Gasteiger charge is 2.13. The Kier molecular flexibility index (Phi) is 2.55. The number of hydrogen-bond donors (Lipinski definition) is 0. The first-order chi connectivity index (χ1) is 6.49. The van der Waals surface area contributed by atoms with Crippen molar-refractivity contribution < 1.29 is 8.42 Å². The summed E-state index contributed by atoms with van der Waals surface area (Å²) in [6.07, 6.45) is 1.01. The highest BCUT2D eigenvalue weighted by Crippen LogP contribution is 2.24. The second kappa shape index (κ2) is 3.49. The number of sulfone groups is 1. The predicted octanol–water partition coefficient (Wildman–Crippen LogP) is 1.51. The molecule has 0 aliphatic rings. The average molecular weight is 206 g/mol. The molecule has 0 aliphatic carbocycles. The molecule has 0 aromatic heterocycles. The Bertz CT molecular complexity index is 547. The van der Waals surface area contributed by atoms with Crippen molar-refractivity contribution in [3.8, 4) is 6.07 Å². The van der Waals surface area contributed by atoms with Crippen LogP contribution < -0.4 is 0 Å². The van der Waals surface area contributed by atoms with Crippen LogP contribution in [0.25, 0.3) is 4.85 Å². The lowest BCUT2D eigenvalue weighted by Gasteiger charge is -2.00. The summed E-state index contributed by atoms with van der Waals surface area (Å²) in [5, 5.41) is 8.57. The van der Waals surface area contributed by atoms with Crippen LogP contribution in [-0.4, -0.2) is 14.7 Å². The van der Waals surface area contributed by atoms with Crippen LogP contribution in [0, 0.1) is 17.9 Å². The van der Waals surface area contributed by atoms with Gasteiger partial charge in [0, 0.05) is 6.26 Å². The monoisotopic (exact) mass is 206 g/mol. The van der Waals surface area contributed by atoms with Gasteiger partial charge in [0.25, 0.3) is 0 Å². The summed E-state index contributed by atoms with van der Waals surface area (Å²) in [6, 6.07) is 5.79. The minimum absolute atomic E-state index is 0.0477. The van der Waals surface area contributed by atoms with Crippen LogP contribution in [0.4, 0.5) is 5.69 Å². The van der Waals surface area contributed by atoms with E-state index in [2.05, 4.69) is 4.85 Å². The van der Waals surface area contributed by atoms with Crippen molar-refractivity contribution in [3.05, 3.63) is 35.2 Å². The van der Waals surface area contributed by atoms with E-state index in [0.717, 1.165) is 6.26 Å². The van der Waals surface area contributed by atoms with Crippen LogP contribution >= 0.6 is 0 Å². The van der Waals surface area contributed by atoms with Gasteiger partial charge in [-0.15, -0.1) is 0 Å². The summed E-state index contributed by atoms with van der Waals surface area (Å²) in [4.78, 5) is 2.98. The molecular weight excluding hydrogens is 200 g/mol. The zero-order valence-electron chi connectivity index (χ0n) is 7.35. The molecule has 0 bridgehead atoms. The minimum Gasteiger partial charge on any atom is -0.237 e. The molecule has 0 N–H and O–H groups in total. The molecule has 0 radical (unpaired) electrons. The van der Waals surface area contributed by atoms with Gasteiger partial charge in [0.15, 0.2) is 9.84 Å². The fourth-order valence-corrected chi connectivity index (χ4v) is 1.81. The van der Waals surface area contributed by atoms with E-state index in [-0.39, 0.29) is 16.1 Å². The van der Waals surface area contributed by atoms with Crippen LogP contribution in [0.1, 0.15) is 5.56 Å². The second-order valence-electron chi connectivity index (χ2n) is 2.68. The SMILES string of the molecule is [C-]#[N+]c1ccc(C#N)cc1S(C)(=O)=O. The van der Waals surface area contributed by atoms with Crippen molar-refractivity contribution in [1.82, 2.24) is 0 Å². The first-order valence-corrected chi connectivity index (χ1v) is 5.50.